The molecule has 1 aliphatic carbocycles. The van der Waals surface area contributed by atoms with Crippen LogP contribution in [0.5, 0.6) is 0 Å². The summed E-state index contributed by atoms with van der Waals surface area (Å²) in [5.41, 5.74) is 0.212. The van der Waals surface area contributed by atoms with Gasteiger partial charge in [0.1, 0.15) is 0 Å². The normalized spacial score (nSPS) is 23.1. The van der Waals surface area contributed by atoms with Crippen LogP contribution in [0.25, 0.3) is 0 Å². The standard InChI is InChI=1S/C12H15Cl2N3O2/c13-10-5-8(11(14)17-16-10)12(19)15-9-4-2-1-3-7(9)6-18/h5,7,9,18H,1-4,6H2,(H,15,19). The van der Waals surface area contributed by atoms with Gasteiger partial charge < -0.3 is 10.4 Å². The highest BCUT2D eigenvalue weighted by Gasteiger charge is 2.27. The second kappa shape index (κ2) is 6.50. The second-order valence-electron chi connectivity index (χ2n) is 4.68. The van der Waals surface area contributed by atoms with Gasteiger partial charge in [-0.2, -0.15) is 0 Å². The van der Waals surface area contributed by atoms with Crippen LogP contribution in [0.15, 0.2) is 6.07 Å². The van der Waals surface area contributed by atoms with Gasteiger partial charge in [0.2, 0.25) is 0 Å². The molecular formula is C12H15Cl2N3O2. The molecule has 0 spiro atoms. The van der Waals surface area contributed by atoms with Crippen molar-refractivity contribution in [3.8, 4) is 0 Å². The zero-order valence-corrected chi connectivity index (χ0v) is 11.8. The van der Waals surface area contributed by atoms with Crippen LogP contribution < -0.4 is 5.32 Å². The highest BCUT2D eigenvalue weighted by Crippen LogP contribution is 2.25. The highest BCUT2D eigenvalue weighted by molar-refractivity contribution is 6.34. The monoisotopic (exact) mass is 303 g/mol. The Balaban J connectivity index is 2.09. The zero-order valence-electron chi connectivity index (χ0n) is 10.3. The van der Waals surface area contributed by atoms with Crippen molar-refractivity contribution in [1.82, 2.24) is 15.5 Å². The molecule has 104 valence electrons. The molecule has 1 fully saturated rings. The maximum Gasteiger partial charge on any atom is 0.254 e. The van der Waals surface area contributed by atoms with Crippen LogP contribution in [0, 0.1) is 5.92 Å². The van der Waals surface area contributed by atoms with Crippen molar-refractivity contribution in [1.29, 1.82) is 0 Å². The summed E-state index contributed by atoms with van der Waals surface area (Å²) in [5, 5.41) is 19.5. The quantitative estimate of drug-likeness (QED) is 0.896. The van der Waals surface area contributed by atoms with Gasteiger partial charge in [-0.25, -0.2) is 0 Å². The Labute approximate surface area is 121 Å². The molecule has 1 heterocycles. The number of carbonyl (C=O) groups is 1. The molecule has 1 aromatic rings. The first-order valence-electron chi connectivity index (χ1n) is 6.22. The van der Waals surface area contributed by atoms with Crippen LogP contribution in [-0.2, 0) is 0 Å². The van der Waals surface area contributed by atoms with Crippen molar-refractivity contribution >= 4 is 29.1 Å². The van der Waals surface area contributed by atoms with Gasteiger partial charge in [0, 0.05) is 18.6 Å². The number of carbonyl (C=O) groups excluding carboxylic acids is 1. The minimum absolute atomic E-state index is 0.0262. The molecule has 2 N–H and O–H groups in total. The predicted octanol–water partition coefficient (Wildman–Crippen LogP) is 2.06. The zero-order chi connectivity index (χ0) is 13.8. The molecule has 0 saturated heterocycles. The van der Waals surface area contributed by atoms with Crippen molar-refractivity contribution in [3.63, 3.8) is 0 Å². The molecule has 2 unspecified atom stereocenters. The van der Waals surface area contributed by atoms with Crippen molar-refractivity contribution < 1.29 is 9.90 Å². The van der Waals surface area contributed by atoms with Crippen molar-refractivity contribution in [2.75, 3.05) is 6.61 Å². The summed E-state index contributed by atoms with van der Waals surface area (Å²) in [6.45, 7) is 0.0774. The number of rotatable bonds is 3. The molecule has 0 aromatic carbocycles. The van der Waals surface area contributed by atoms with Crippen LogP contribution in [0.3, 0.4) is 0 Å². The van der Waals surface area contributed by atoms with Crippen molar-refractivity contribution in [2.24, 2.45) is 5.92 Å². The Bertz CT molecular complexity index is 470. The Morgan fingerprint density at radius 1 is 1.37 bits per heavy atom. The predicted molar refractivity (Wildman–Crippen MR) is 72.4 cm³/mol. The lowest BCUT2D eigenvalue weighted by Gasteiger charge is -2.30. The van der Waals surface area contributed by atoms with Crippen molar-refractivity contribution in [3.05, 3.63) is 21.9 Å². The first-order valence-corrected chi connectivity index (χ1v) is 6.98. The number of aliphatic hydroxyl groups excluding tert-OH is 1. The molecule has 7 heteroatoms. The van der Waals surface area contributed by atoms with E-state index in [1.807, 2.05) is 0 Å². The average molecular weight is 304 g/mol. The topological polar surface area (TPSA) is 75.1 Å². The van der Waals surface area contributed by atoms with Crippen LogP contribution in [0.2, 0.25) is 10.3 Å². The number of nitrogens with zero attached hydrogens (tertiary/aromatic N) is 2. The summed E-state index contributed by atoms with van der Waals surface area (Å²) in [6.07, 6.45) is 3.91. The third kappa shape index (κ3) is 3.55. The van der Waals surface area contributed by atoms with E-state index in [9.17, 15) is 9.90 Å². The number of aliphatic hydroxyl groups is 1. The third-order valence-electron chi connectivity index (χ3n) is 3.42. The molecule has 0 aliphatic heterocycles. The summed E-state index contributed by atoms with van der Waals surface area (Å²) in [7, 11) is 0. The Kier molecular flexibility index (Phi) is 4.96. The molecule has 0 radical (unpaired) electrons. The van der Waals surface area contributed by atoms with E-state index < -0.39 is 0 Å². The fourth-order valence-electron chi connectivity index (χ4n) is 2.37. The van der Waals surface area contributed by atoms with Gasteiger partial charge >= 0.3 is 0 Å². The van der Waals surface area contributed by atoms with Crippen molar-refractivity contribution in [2.45, 2.75) is 31.7 Å². The maximum absolute atomic E-state index is 12.1. The summed E-state index contributed by atoms with van der Waals surface area (Å²) in [4.78, 5) is 12.1. The summed E-state index contributed by atoms with van der Waals surface area (Å²) >= 11 is 11.5. The SMILES string of the molecule is O=C(NC1CCCCC1CO)c1cc(Cl)nnc1Cl. The van der Waals surface area contributed by atoms with Crippen LogP contribution in [0.1, 0.15) is 36.0 Å². The largest absolute Gasteiger partial charge is 0.396 e. The van der Waals surface area contributed by atoms with Gasteiger partial charge in [-0.15, -0.1) is 10.2 Å². The van der Waals surface area contributed by atoms with E-state index in [1.165, 1.54) is 6.07 Å². The highest BCUT2D eigenvalue weighted by atomic mass is 35.5. The third-order valence-corrected chi connectivity index (χ3v) is 3.89. The van der Waals surface area contributed by atoms with E-state index in [2.05, 4.69) is 15.5 Å². The van der Waals surface area contributed by atoms with Crippen LogP contribution in [0.4, 0.5) is 0 Å². The molecular weight excluding hydrogens is 289 g/mol. The first-order chi connectivity index (χ1) is 9.11. The summed E-state index contributed by atoms with van der Waals surface area (Å²) < 4.78 is 0. The fourth-order valence-corrected chi connectivity index (χ4v) is 2.70. The number of halogens is 2. The van der Waals surface area contributed by atoms with E-state index in [1.54, 1.807) is 0 Å². The first kappa shape index (κ1) is 14.5. The molecule has 1 aromatic heterocycles. The van der Waals surface area contributed by atoms with Crippen LogP contribution in [-0.4, -0.2) is 33.9 Å². The lowest BCUT2D eigenvalue weighted by atomic mass is 9.85. The number of nitrogens with one attached hydrogen (secondary N) is 1. The van der Waals surface area contributed by atoms with Gasteiger partial charge in [0.05, 0.1) is 5.56 Å². The van der Waals surface area contributed by atoms with Gasteiger partial charge in [-0.1, -0.05) is 36.0 Å². The van der Waals surface area contributed by atoms with E-state index in [0.29, 0.717) is 0 Å². The van der Waals surface area contributed by atoms with E-state index in [0.717, 1.165) is 25.7 Å². The maximum atomic E-state index is 12.1. The lowest BCUT2D eigenvalue weighted by molar-refractivity contribution is 0.0872. The average Bonchev–Trinajstić information content (AvgIpc) is 2.42. The number of hydrogen-bond acceptors (Lipinski definition) is 4. The van der Waals surface area contributed by atoms with Crippen LogP contribution >= 0.6 is 23.2 Å². The molecule has 5 nitrogen and oxygen atoms in total. The second-order valence-corrected chi connectivity index (χ2v) is 5.42. The molecule has 1 aliphatic rings. The minimum atomic E-state index is -0.327. The van der Waals surface area contributed by atoms with Gasteiger partial charge in [0.25, 0.3) is 5.91 Å². The lowest BCUT2D eigenvalue weighted by Crippen LogP contribution is -2.43. The Hall–Kier alpha value is -0.910. The fraction of sp³-hybridized carbons (Fsp3) is 0.583. The number of hydrogen-bond donors (Lipinski definition) is 2. The molecule has 2 atom stereocenters. The molecule has 19 heavy (non-hydrogen) atoms. The molecule has 2 rings (SSSR count). The van der Waals surface area contributed by atoms with Gasteiger partial charge in [-0.3, -0.25) is 4.79 Å². The Morgan fingerprint density at radius 2 is 2.11 bits per heavy atom. The number of aromatic nitrogens is 2. The smallest absolute Gasteiger partial charge is 0.254 e. The molecule has 0 bridgehead atoms. The van der Waals surface area contributed by atoms with Gasteiger partial charge in [-0.05, 0) is 18.9 Å². The molecule has 1 amide bonds. The number of amides is 1. The van der Waals surface area contributed by atoms with Gasteiger partial charge in [0.15, 0.2) is 10.3 Å². The summed E-state index contributed by atoms with van der Waals surface area (Å²) in [6, 6.07) is 1.36. The summed E-state index contributed by atoms with van der Waals surface area (Å²) in [5.74, 6) is -0.228. The Morgan fingerprint density at radius 3 is 2.84 bits per heavy atom. The van der Waals surface area contributed by atoms with E-state index in [-0.39, 0.29) is 40.3 Å². The van der Waals surface area contributed by atoms with E-state index >= 15 is 0 Å². The minimum Gasteiger partial charge on any atom is -0.396 e. The van der Waals surface area contributed by atoms with E-state index in [4.69, 9.17) is 23.2 Å². The molecule has 1 saturated carbocycles.